The van der Waals surface area contributed by atoms with Crippen LogP contribution in [-0.4, -0.2) is 61.1 Å². The summed E-state index contributed by atoms with van der Waals surface area (Å²) in [5.41, 5.74) is 3.74. The zero-order valence-electron chi connectivity index (χ0n) is 23.6. The smallest absolute Gasteiger partial charge is 0.209 e. The van der Waals surface area contributed by atoms with E-state index in [9.17, 15) is 17.9 Å². The van der Waals surface area contributed by atoms with Gasteiger partial charge >= 0.3 is 0 Å². The van der Waals surface area contributed by atoms with E-state index in [1.807, 2.05) is 6.92 Å². The Morgan fingerprint density at radius 1 is 0.977 bits per heavy atom. The van der Waals surface area contributed by atoms with Gasteiger partial charge in [0.25, 0.3) is 0 Å². The first-order valence-electron chi connectivity index (χ1n) is 13.6. The summed E-state index contributed by atoms with van der Waals surface area (Å²) in [5, 5.41) is 20.3. The number of imidazole rings is 1. The first kappa shape index (κ1) is 29.2. The van der Waals surface area contributed by atoms with Crippen LogP contribution in [0.1, 0.15) is 25.3 Å². The highest BCUT2D eigenvalue weighted by atomic mass is 32.2. The number of aromatic amines is 2. The Morgan fingerprint density at radius 3 is 2.59 bits per heavy atom. The van der Waals surface area contributed by atoms with E-state index in [1.54, 1.807) is 12.1 Å². The van der Waals surface area contributed by atoms with Crippen LogP contribution < -0.4 is 10.0 Å². The number of anilines is 1. The van der Waals surface area contributed by atoms with Gasteiger partial charge in [-0.05, 0) is 41.8 Å². The van der Waals surface area contributed by atoms with E-state index in [1.165, 1.54) is 43.1 Å². The molecule has 0 spiro atoms. The van der Waals surface area contributed by atoms with Crippen LogP contribution in [0.15, 0.2) is 55.2 Å². The lowest BCUT2D eigenvalue weighted by Crippen LogP contribution is -2.21. The van der Waals surface area contributed by atoms with Gasteiger partial charge in [0, 0.05) is 30.1 Å². The summed E-state index contributed by atoms with van der Waals surface area (Å²) in [4.78, 5) is 20.5. The molecule has 226 valence electrons. The van der Waals surface area contributed by atoms with E-state index in [-0.39, 0.29) is 29.1 Å². The fourth-order valence-electron chi connectivity index (χ4n) is 4.91. The van der Waals surface area contributed by atoms with Gasteiger partial charge in [-0.15, -0.1) is 0 Å². The minimum atomic E-state index is -3.48. The predicted octanol–water partition coefficient (Wildman–Crippen LogP) is 4.48. The summed E-state index contributed by atoms with van der Waals surface area (Å²) < 4.78 is 56.1. The third-order valence-corrected chi connectivity index (χ3v) is 7.55. The molecule has 44 heavy (non-hydrogen) atoms. The van der Waals surface area contributed by atoms with Crippen LogP contribution in [-0.2, 0) is 16.6 Å². The van der Waals surface area contributed by atoms with Crippen molar-refractivity contribution in [2.24, 2.45) is 0 Å². The molecule has 15 heteroatoms. The summed E-state index contributed by atoms with van der Waals surface area (Å²) in [6.45, 7) is 1.86. The van der Waals surface area contributed by atoms with Crippen LogP contribution in [0, 0.1) is 11.6 Å². The van der Waals surface area contributed by atoms with Gasteiger partial charge in [0.15, 0.2) is 11.6 Å². The van der Waals surface area contributed by atoms with Crippen LogP contribution in [0.4, 0.5) is 14.5 Å². The number of fused-ring (bicyclic) bond motifs is 2. The number of H-pyrrole nitrogens is 2. The molecule has 6 aromatic rings. The van der Waals surface area contributed by atoms with Crippen LogP contribution in [0.5, 0.6) is 0 Å². The first-order valence-corrected chi connectivity index (χ1v) is 15.5. The highest BCUT2D eigenvalue weighted by molar-refractivity contribution is 7.88. The number of hydrogen-bond acceptors (Lipinski definition) is 9. The van der Waals surface area contributed by atoms with Crippen molar-refractivity contribution in [1.29, 1.82) is 0 Å². The van der Waals surface area contributed by atoms with Crippen molar-refractivity contribution in [3.63, 3.8) is 0 Å². The minimum Gasteiger partial charge on any atom is -0.374 e. The van der Waals surface area contributed by atoms with Crippen molar-refractivity contribution in [3.05, 3.63) is 72.4 Å². The molecule has 0 fully saturated rings. The Labute approximate surface area is 250 Å². The summed E-state index contributed by atoms with van der Waals surface area (Å²) in [6, 6.07) is 5.84. The van der Waals surface area contributed by atoms with Crippen molar-refractivity contribution in [1.82, 2.24) is 39.8 Å². The van der Waals surface area contributed by atoms with Crippen molar-refractivity contribution in [2.45, 2.75) is 32.5 Å². The lowest BCUT2D eigenvalue weighted by atomic mass is 10.0. The van der Waals surface area contributed by atoms with Gasteiger partial charge in [-0.25, -0.2) is 26.9 Å². The van der Waals surface area contributed by atoms with Crippen LogP contribution in [0.3, 0.4) is 0 Å². The molecule has 0 amide bonds. The fourth-order valence-corrected chi connectivity index (χ4v) is 5.34. The second-order valence-electron chi connectivity index (χ2n) is 10.3. The summed E-state index contributed by atoms with van der Waals surface area (Å²) in [5.74, 6) is -0.969. The SMILES string of the molecule is CCCC(O)Nc1cncc(-c2ncc3[nH]nc(-c4nc5c(-c6cc(F)cc(CNS(C)(=O)=O)c6)cncc5[nH]4)c3c2F)c1. The molecule has 5 N–H and O–H groups in total. The lowest BCUT2D eigenvalue weighted by molar-refractivity contribution is 0.192. The van der Waals surface area contributed by atoms with E-state index >= 15 is 4.39 Å². The van der Waals surface area contributed by atoms with E-state index in [0.29, 0.717) is 50.9 Å². The number of pyridine rings is 3. The molecule has 0 saturated carbocycles. The molecule has 5 heterocycles. The molecule has 1 aromatic carbocycles. The van der Waals surface area contributed by atoms with E-state index in [2.05, 4.69) is 45.2 Å². The molecule has 0 aliphatic heterocycles. The molecule has 0 aliphatic carbocycles. The molecular formula is C29H27F2N9O3S. The second kappa shape index (κ2) is 11.7. The Kier molecular flexibility index (Phi) is 7.75. The maximum Gasteiger partial charge on any atom is 0.209 e. The van der Waals surface area contributed by atoms with Gasteiger partial charge in [0.05, 0.1) is 52.5 Å². The summed E-state index contributed by atoms with van der Waals surface area (Å²) in [7, 11) is -3.48. The number of aliphatic hydroxyl groups excluding tert-OH is 1. The highest BCUT2D eigenvalue weighted by Gasteiger charge is 2.22. The monoisotopic (exact) mass is 619 g/mol. The first-order chi connectivity index (χ1) is 21.1. The number of nitrogens with one attached hydrogen (secondary N) is 4. The molecule has 0 saturated heterocycles. The second-order valence-corrected chi connectivity index (χ2v) is 12.1. The molecule has 1 atom stereocenters. The quantitative estimate of drug-likeness (QED) is 0.138. The normalized spacial score (nSPS) is 12.7. The average Bonchev–Trinajstić information content (AvgIpc) is 3.61. The van der Waals surface area contributed by atoms with E-state index in [0.717, 1.165) is 12.7 Å². The number of benzene rings is 1. The number of aromatic nitrogens is 7. The van der Waals surface area contributed by atoms with Gasteiger partial charge in [0.2, 0.25) is 10.0 Å². The standard InChI is InChI=1S/C29H27F2N9O3S/c1-3-4-23(41)36-19-8-17(10-32-11-19)26-25(31)24-21(14-34-26)39-40-28(24)29-37-22-13-33-12-20(27(22)38-29)16-5-15(6-18(30)7-16)9-35-44(2,42)43/h5-8,10-14,23,35-36,41H,3-4,9H2,1-2H3,(H,37,38)(H,39,40). The van der Waals surface area contributed by atoms with Crippen LogP contribution >= 0.6 is 0 Å². The van der Waals surface area contributed by atoms with Crippen molar-refractivity contribution in [2.75, 3.05) is 11.6 Å². The summed E-state index contributed by atoms with van der Waals surface area (Å²) >= 11 is 0. The Bertz CT molecular complexity index is 2110. The molecule has 5 aromatic heterocycles. The third kappa shape index (κ3) is 5.97. The number of nitrogens with zero attached hydrogens (tertiary/aromatic N) is 5. The Balaban J connectivity index is 1.40. The number of halogens is 2. The Hall–Kier alpha value is -4.86. The number of sulfonamides is 1. The molecule has 12 nitrogen and oxygen atoms in total. The maximum absolute atomic E-state index is 16.1. The number of aliphatic hydroxyl groups is 1. The molecule has 0 radical (unpaired) electrons. The topological polar surface area (TPSA) is 174 Å². The van der Waals surface area contributed by atoms with Gasteiger partial charge < -0.3 is 15.4 Å². The lowest BCUT2D eigenvalue weighted by Gasteiger charge is -2.13. The zero-order chi connectivity index (χ0) is 31.0. The third-order valence-electron chi connectivity index (χ3n) is 6.88. The van der Waals surface area contributed by atoms with Gasteiger partial charge in [-0.2, -0.15) is 5.10 Å². The Morgan fingerprint density at radius 2 is 1.80 bits per heavy atom. The van der Waals surface area contributed by atoms with Crippen LogP contribution in [0.25, 0.3) is 55.8 Å². The number of hydrogen-bond donors (Lipinski definition) is 5. The highest BCUT2D eigenvalue weighted by Crippen LogP contribution is 2.35. The van der Waals surface area contributed by atoms with E-state index in [4.69, 9.17) is 0 Å². The molecule has 1 unspecified atom stereocenters. The zero-order valence-corrected chi connectivity index (χ0v) is 24.4. The maximum atomic E-state index is 16.1. The van der Waals surface area contributed by atoms with Crippen molar-refractivity contribution in [3.8, 4) is 33.9 Å². The summed E-state index contributed by atoms with van der Waals surface area (Å²) in [6.07, 6.45) is 9.10. The van der Waals surface area contributed by atoms with E-state index < -0.39 is 27.9 Å². The van der Waals surface area contributed by atoms with Gasteiger partial charge in [-0.3, -0.25) is 20.1 Å². The largest absolute Gasteiger partial charge is 0.374 e. The fraction of sp³-hybridized carbons (Fsp3) is 0.207. The number of rotatable bonds is 10. The van der Waals surface area contributed by atoms with Gasteiger partial charge in [0.1, 0.15) is 23.4 Å². The van der Waals surface area contributed by atoms with Crippen molar-refractivity contribution < 1.29 is 22.3 Å². The molecule has 6 rings (SSSR count). The average molecular weight is 620 g/mol. The molecule has 0 bridgehead atoms. The minimum absolute atomic E-state index is 0.0368. The van der Waals surface area contributed by atoms with Crippen LogP contribution in [0.2, 0.25) is 0 Å². The molecular weight excluding hydrogens is 592 g/mol. The predicted molar refractivity (Wildman–Crippen MR) is 162 cm³/mol. The van der Waals surface area contributed by atoms with Crippen molar-refractivity contribution >= 4 is 37.6 Å². The van der Waals surface area contributed by atoms with Gasteiger partial charge in [-0.1, -0.05) is 13.3 Å². The molecule has 0 aliphatic rings.